The van der Waals surface area contributed by atoms with Crippen LogP contribution in [0.5, 0.6) is 5.75 Å². The molecular formula is C19H25NO7. The molecule has 8 heteroatoms. The average molecular weight is 379 g/mol. The Balaban J connectivity index is 2.40. The van der Waals surface area contributed by atoms with Gasteiger partial charge in [0.25, 0.3) is 5.91 Å². The summed E-state index contributed by atoms with van der Waals surface area (Å²) in [6.07, 6.45) is 0.408. The molecule has 1 N–H and O–H groups in total. The molecule has 0 saturated carbocycles. The predicted octanol–water partition coefficient (Wildman–Crippen LogP) is 1.52. The Morgan fingerprint density at radius 3 is 2.19 bits per heavy atom. The third kappa shape index (κ3) is 8.35. The first-order valence-electron chi connectivity index (χ1n) is 8.49. The molecular weight excluding hydrogens is 354 g/mol. The second-order valence-corrected chi connectivity index (χ2v) is 6.30. The summed E-state index contributed by atoms with van der Waals surface area (Å²) in [6.45, 7) is 4.34. The van der Waals surface area contributed by atoms with E-state index in [-0.39, 0.29) is 18.3 Å². The third-order valence-electron chi connectivity index (χ3n) is 3.51. The smallest absolute Gasteiger partial charge is 0.344 e. The van der Waals surface area contributed by atoms with Crippen LogP contribution in [0.1, 0.15) is 37.6 Å². The first kappa shape index (κ1) is 22.1. The van der Waals surface area contributed by atoms with Gasteiger partial charge < -0.3 is 19.5 Å². The van der Waals surface area contributed by atoms with Crippen molar-refractivity contribution in [3.63, 3.8) is 0 Å². The lowest BCUT2D eigenvalue weighted by atomic mass is 10.0. The van der Waals surface area contributed by atoms with Gasteiger partial charge in [-0.05, 0) is 43.5 Å². The summed E-state index contributed by atoms with van der Waals surface area (Å²) >= 11 is 0. The number of carbonyl (C=O) groups is 4. The Morgan fingerprint density at radius 1 is 1.04 bits per heavy atom. The van der Waals surface area contributed by atoms with E-state index in [0.29, 0.717) is 17.7 Å². The van der Waals surface area contributed by atoms with Crippen LogP contribution in [0.3, 0.4) is 0 Å². The SMILES string of the molecule is COC(=O)[C@@H](CC(C)C)NC(=O)COC(=O)COc1ccc(C(C)=O)cc1. The van der Waals surface area contributed by atoms with Gasteiger partial charge in [0, 0.05) is 5.56 Å². The molecule has 0 unspecified atom stereocenters. The van der Waals surface area contributed by atoms with Crippen LogP contribution >= 0.6 is 0 Å². The molecule has 1 amide bonds. The van der Waals surface area contributed by atoms with Gasteiger partial charge >= 0.3 is 11.9 Å². The molecule has 1 aromatic rings. The highest BCUT2D eigenvalue weighted by Gasteiger charge is 2.23. The Bertz CT molecular complexity index is 667. The van der Waals surface area contributed by atoms with E-state index in [1.165, 1.54) is 14.0 Å². The summed E-state index contributed by atoms with van der Waals surface area (Å²) in [4.78, 5) is 46.4. The molecule has 0 radical (unpaired) electrons. The lowest BCUT2D eigenvalue weighted by Crippen LogP contribution is -2.44. The zero-order valence-corrected chi connectivity index (χ0v) is 15.9. The number of nitrogens with one attached hydrogen (secondary N) is 1. The number of esters is 2. The van der Waals surface area contributed by atoms with Gasteiger partial charge in [-0.3, -0.25) is 9.59 Å². The molecule has 27 heavy (non-hydrogen) atoms. The number of ether oxygens (including phenoxy) is 3. The van der Waals surface area contributed by atoms with E-state index >= 15 is 0 Å². The fourth-order valence-electron chi connectivity index (χ4n) is 2.18. The van der Waals surface area contributed by atoms with Crippen LogP contribution in [0.25, 0.3) is 0 Å². The molecule has 0 spiro atoms. The molecule has 0 aliphatic carbocycles. The molecule has 1 atom stereocenters. The van der Waals surface area contributed by atoms with Gasteiger partial charge in [-0.1, -0.05) is 13.8 Å². The second-order valence-electron chi connectivity index (χ2n) is 6.30. The zero-order valence-electron chi connectivity index (χ0n) is 15.9. The summed E-state index contributed by atoms with van der Waals surface area (Å²) < 4.78 is 14.7. The van der Waals surface area contributed by atoms with E-state index in [4.69, 9.17) is 9.47 Å². The fraction of sp³-hybridized carbons (Fsp3) is 0.474. The Labute approximate surface area is 158 Å². The minimum atomic E-state index is -0.794. The number of hydrogen-bond donors (Lipinski definition) is 1. The molecule has 0 bridgehead atoms. The van der Waals surface area contributed by atoms with Crippen molar-refractivity contribution in [1.29, 1.82) is 0 Å². The van der Waals surface area contributed by atoms with E-state index < -0.39 is 30.5 Å². The molecule has 148 valence electrons. The number of methoxy groups -OCH3 is 1. The lowest BCUT2D eigenvalue weighted by Gasteiger charge is -2.18. The standard InChI is InChI=1S/C19H25NO7/c1-12(2)9-16(19(24)25-4)20-17(22)10-27-18(23)11-26-15-7-5-14(6-8-15)13(3)21/h5-8,12,16H,9-11H2,1-4H3,(H,20,22)/t16-/m1/s1. The minimum Gasteiger partial charge on any atom is -0.482 e. The molecule has 0 aliphatic heterocycles. The summed E-state index contributed by atoms with van der Waals surface area (Å²) in [5.41, 5.74) is 0.531. The van der Waals surface area contributed by atoms with Crippen LogP contribution in [0, 0.1) is 5.92 Å². The van der Waals surface area contributed by atoms with Crippen molar-refractivity contribution in [2.24, 2.45) is 5.92 Å². The Kier molecular flexibility index (Phi) is 8.98. The van der Waals surface area contributed by atoms with Crippen LogP contribution in [-0.2, 0) is 23.9 Å². The summed E-state index contributed by atoms with van der Waals surface area (Å²) in [6, 6.07) is 5.49. The van der Waals surface area contributed by atoms with Gasteiger partial charge in [0.05, 0.1) is 7.11 Å². The highest BCUT2D eigenvalue weighted by Crippen LogP contribution is 2.12. The molecule has 0 saturated heterocycles. The maximum Gasteiger partial charge on any atom is 0.344 e. The van der Waals surface area contributed by atoms with Crippen molar-refractivity contribution < 1.29 is 33.4 Å². The molecule has 0 fully saturated rings. The van der Waals surface area contributed by atoms with Gasteiger partial charge in [-0.25, -0.2) is 9.59 Å². The third-order valence-corrected chi connectivity index (χ3v) is 3.51. The summed E-state index contributed by atoms with van der Waals surface area (Å²) in [7, 11) is 1.24. The van der Waals surface area contributed by atoms with E-state index in [0.717, 1.165) is 0 Å². The molecule has 1 aromatic carbocycles. The van der Waals surface area contributed by atoms with Crippen molar-refractivity contribution in [1.82, 2.24) is 5.32 Å². The largest absolute Gasteiger partial charge is 0.482 e. The van der Waals surface area contributed by atoms with Crippen molar-refractivity contribution in [2.45, 2.75) is 33.2 Å². The second kappa shape index (κ2) is 10.9. The van der Waals surface area contributed by atoms with E-state index in [1.807, 2.05) is 13.8 Å². The normalized spacial score (nSPS) is 11.4. The topological polar surface area (TPSA) is 108 Å². The van der Waals surface area contributed by atoms with Crippen molar-refractivity contribution in [3.8, 4) is 5.75 Å². The number of hydrogen-bond acceptors (Lipinski definition) is 7. The molecule has 0 heterocycles. The van der Waals surface area contributed by atoms with Crippen LogP contribution in [0.15, 0.2) is 24.3 Å². The van der Waals surface area contributed by atoms with Gasteiger partial charge in [0.15, 0.2) is 19.0 Å². The maximum atomic E-state index is 11.9. The highest BCUT2D eigenvalue weighted by molar-refractivity contribution is 5.94. The zero-order chi connectivity index (χ0) is 20.4. The average Bonchev–Trinajstić information content (AvgIpc) is 2.63. The molecule has 0 aliphatic rings. The fourth-order valence-corrected chi connectivity index (χ4v) is 2.18. The number of rotatable bonds is 10. The monoisotopic (exact) mass is 379 g/mol. The molecule has 8 nitrogen and oxygen atoms in total. The number of amides is 1. The number of ketones is 1. The summed E-state index contributed by atoms with van der Waals surface area (Å²) in [5.74, 6) is -1.41. The van der Waals surface area contributed by atoms with Crippen molar-refractivity contribution in [3.05, 3.63) is 29.8 Å². The number of benzene rings is 1. The van der Waals surface area contributed by atoms with Gasteiger partial charge in [-0.2, -0.15) is 0 Å². The maximum absolute atomic E-state index is 11.9. The highest BCUT2D eigenvalue weighted by atomic mass is 16.6. The minimum absolute atomic E-state index is 0.0744. The molecule has 0 aromatic heterocycles. The Hall–Kier alpha value is -2.90. The lowest BCUT2D eigenvalue weighted by molar-refractivity contribution is -0.151. The van der Waals surface area contributed by atoms with Crippen molar-refractivity contribution in [2.75, 3.05) is 20.3 Å². The number of carbonyl (C=O) groups excluding carboxylic acids is 4. The van der Waals surface area contributed by atoms with Crippen LogP contribution in [-0.4, -0.2) is 50.0 Å². The predicted molar refractivity (Wildman–Crippen MR) is 96.3 cm³/mol. The number of Topliss-reactive ketones (excluding diaryl/α,β-unsaturated/α-hetero) is 1. The van der Waals surface area contributed by atoms with Crippen LogP contribution in [0.4, 0.5) is 0 Å². The molecule has 1 rings (SSSR count). The van der Waals surface area contributed by atoms with Crippen LogP contribution < -0.4 is 10.1 Å². The van der Waals surface area contributed by atoms with E-state index in [9.17, 15) is 19.2 Å². The first-order chi connectivity index (χ1) is 12.7. The van der Waals surface area contributed by atoms with E-state index in [1.54, 1.807) is 24.3 Å². The van der Waals surface area contributed by atoms with Crippen LogP contribution in [0.2, 0.25) is 0 Å². The van der Waals surface area contributed by atoms with Gasteiger partial charge in [-0.15, -0.1) is 0 Å². The van der Waals surface area contributed by atoms with E-state index in [2.05, 4.69) is 10.1 Å². The van der Waals surface area contributed by atoms with Gasteiger partial charge in [0.2, 0.25) is 0 Å². The Morgan fingerprint density at radius 2 is 1.67 bits per heavy atom. The summed E-state index contributed by atoms with van der Waals surface area (Å²) in [5, 5.41) is 2.48. The van der Waals surface area contributed by atoms with Gasteiger partial charge in [0.1, 0.15) is 11.8 Å². The first-order valence-corrected chi connectivity index (χ1v) is 8.49. The quantitative estimate of drug-likeness (QED) is 0.485. The van der Waals surface area contributed by atoms with Crippen molar-refractivity contribution >= 4 is 23.6 Å².